The van der Waals surface area contributed by atoms with E-state index in [1.54, 1.807) is 12.1 Å². The topological polar surface area (TPSA) is 118 Å². The summed E-state index contributed by atoms with van der Waals surface area (Å²) < 4.78 is 11.8. The zero-order chi connectivity index (χ0) is 19.2. The summed E-state index contributed by atoms with van der Waals surface area (Å²) in [6.07, 6.45) is -0.431. The number of amides is 1. The molecule has 0 saturated carbocycles. The maximum Gasteiger partial charge on any atom is 0.309 e. The number of nitrogens with two attached hydrogens (primary N) is 1. The monoisotopic (exact) mass is 375 g/mol. The smallest absolute Gasteiger partial charge is 0.309 e. The Bertz CT molecular complexity index is 796. The molecule has 26 heavy (non-hydrogen) atoms. The molecule has 0 heterocycles. The lowest BCUT2D eigenvalue weighted by atomic mass is 9.90. The van der Waals surface area contributed by atoms with Gasteiger partial charge in [0.05, 0.1) is 14.4 Å². The average molecular weight is 375 g/mol. The van der Waals surface area contributed by atoms with Crippen LogP contribution in [0.15, 0.2) is 54.6 Å². The minimum Gasteiger partial charge on any atom is -0.481 e. The fourth-order valence-electron chi connectivity index (χ4n) is 2.94. The van der Waals surface area contributed by atoms with E-state index in [1.807, 2.05) is 42.5 Å². The molecule has 0 spiro atoms. The maximum absolute atomic E-state index is 11.8. The first kappa shape index (κ1) is 19.9. The van der Waals surface area contributed by atoms with Crippen LogP contribution < -0.4 is 5.73 Å². The molecule has 2 aromatic carbocycles. The van der Waals surface area contributed by atoms with Gasteiger partial charge in [0, 0.05) is 12.8 Å². The minimum atomic E-state index is -1.92. The van der Waals surface area contributed by atoms with Gasteiger partial charge in [-0.15, -0.1) is 0 Å². The van der Waals surface area contributed by atoms with Gasteiger partial charge < -0.3 is 20.5 Å². The summed E-state index contributed by atoms with van der Waals surface area (Å²) in [4.78, 5) is 22.5. The van der Waals surface area contributed by atoms with Gasteiger partial charge in [0.1, 0.15) is 5.34 Å². The van der Waals surface area contributed by atoms with E-state index in [9.17, 15) is 24.4 Å². The molecule has 0 saturated heterocycles. The molecule has 2 rings (SSSR count). The van der Waals surface area contributed by atoms with Crippen LogP contribution in [0.5, 0.6) is 0 Å². The van der Waals surface area contributed by atoms with Gasteiger partial charge in [-0.2, -0.15) is 0 Å². The SMILES string of the molecule is NC(=O)CCC(C(=O)O)C(O)(Cc1cccc(-c2ccccc2)c1)[PH2]=O. The van der Waals surface area contributed by atoms with Crippen molar-refractivity contribution in [1.29, 1.82) is 0 Å². The Balaban J connectivity index is 2.29. The predicted molar refractivity (Wildman–Crippen MR) is 100 cm³/mol. The first-order valence-corrected chi connectivity index (χ1v) is 9.25. The molecule has 6 nitrogen and oxygen atoms in total. The van der Waals surface area contributed by atoms with Gasteiger partial charge in [-0.05, 0) is 23.1 Å². The highest BCUT2D eigenvalue weighted by molar-refractivity contribution is 7.25. The second-order valence-electron chi connectivity index (χ2n) is 6.25. The number of aliphatic carboxylic acids is 1. The summed E-state index contributed by atoms with van der Waals surface area (Å²) in [5.74, 6) is -3.29. The van der Waals surface area contributed by atoms with Crippen LogP contribution >= 0.6 is 8.46 Å². The first-order valence-electron chi connectivity index (χ1n) is 8.20. The Labute approximate surface area is 152 Å². The number of hydrogen-bond acceptors (Lipinski definition) is 4. The van der Waals surface area contributed by atoms with Gasteiger partial charge in [-0.3, -0.25) is 9.59 Å². The average Bonchev–Trinajstić information content (AvgIpc) is 2.62. The quantitative estimate of drug-likeness (QED) is 0.581. The Morgan fingerprint density at radius 1 is 1.08 bits per heavy atom. The number of carboxylic acid groups (broad SMARTS) is 1. The van der Waals surface area contributed by atoms with Crippen LogP contribution in [-0.2, 0) is 20.6 Å². The third-order valence-electron chi connectivity index (χ3n) is 4.31. The highest BCUT2D eigenvalue weighted by atomic mass is 31.1. The van der Waals surface area contributed by atoms with Crippen molar-refractivity contribution in [2.45, 2.75) is 24.6 Å². The van der Waals surface area contributed by atoms with E-state index in [0.717, 1.165) is 11.1 Å². The van der Waals surface area contributed by atoms with E-state index in [0.29, 0.717) is 5.56 Å². The maximum atomic E-state index is 11.8. The summed E-state index contributed by atoms with van der Waals surface area (Å²) in [6.45, 7) is 0. The Morgan fingerprint density at radius 3 is 2.31 bits per heavy atom. The van der Waals surface area contributed by atoms with Crippen molar-refractivity contribution in [3.8, 4) is 11.1 Å². The molecule has 138 valence electrons. The van der Waals surface area contributed by atoms with Crippen LogP contribution in [0.4, 0.5) is 0 Å². The van der Waals surface area contributed by atoms with E-state index in [-0.39, 0.29) is 19.3 Å². The molecule has 0 bridgehead atoms. The van der Waals surface area contributed by atoms with Crippen LogP contribution in [0.2, 0.25) is 0 Å². The zero-order valence-corrected chi connectivity index (χ0v) is 15.3. The number of rotatable bonds is 9. The van der Waals surface area contributed by atoms with Crippen molar-refractivity contribution in [1.82, 2.24) is 0 Å². The number of carbonyl (C=O) groups excluding carboxylic acids is 1. The minimum absolute atomic E-state index is 0.0811. The summed E-state index contributed by atoms with van der Waals surface area (Å²) in [6, 6.07) is 16.9. The highest BCUT2D eigenvalue weighted by Gasteiger charge is 2.41. The van der Waals surface area contributed by atoms with E-state index >= 15 is 0 Å². The molecular formula is C19H22NO5P. The van der Waals surface area contributed by atoms with Gasteiger partial charge in [0.15, 0.2) is 0 Å². The molecule has 0 aliphatic carbocycles. The van der Waals surface area contributed by atoms with Crippen LogP contribution in [0.3, 0.4) is 0 Å². The third kappa shape index (κ3) is 5.04. The molecule has 0 radical (unpaired) electrons. The molecule has 2 aromatic rings. The van der Waals surface area contributed by atoms with Crippen LogP contribution in [0, 0.1) is 5.92 Å². The van der Waals surface area contributed by atoms with Gasteiger partial charge in [0.2, 0.25) is 5.91 Å². The van der Waals surface area contributed by atoms with Gasteiger partial charge >= 0.3 is 5.97 Å². The van der Waals surface area contributed by atoms with Crippen molar-refractivity contribution in [2.75, 3.05) is 0 Å². The van der Waals surface area contributed by atoms with Crippen LogP contribution in [-0.4, -0.2) is 27.4 Å². The largest absolute Gasteiger partial charge is 0.481 e. The third-order valence-corrected chi connectivity index (χ3v) is 5.32. The van der Waals surface area contributed by atoms with E-state index in [1.165, 1.54) is 0 Å². The number of carbonyl (C=O) groups is 2. The van der Waals surface area contributed by atoms with Crippen molar-refractivity contribution in [3.05, 3.63) is 60.2 Å². The van der Waals surface area contributed by atoms with E-state index < -0.39 is 31.6 Å². The second-order valence-corrected chi connectivity index (χ2v) is 7.48. The summed E-state index contributed by atoms with van der Waals surface area (Å²) >= 11 is 0. The van der Waals surface area contributed by atoms with Crippen molar-refractivity contribution < 1.29 is 24.4 Å². The van der Waals surface area contributed by atoms with Gasteiger partial charge in [-0.25, -0.2) is 0 Å². The summed E-state index contributed by atoms with van der Waals surface area (Å²) in [5, 5.41) is 18.3. The van der Waals surface area contributed by atoms with Crippen LogP contribution in [0.25, 0.3) is 11.1 Å². The molecule has 0 fully saturated rings. The molecule has 1 amide bonds. The van der Waals surface area contributed by atoms with E-state index in [2.05, 4.69) is 0 Å². The molecule has 4 N–H and O–H groups in total. The molecule has 3 atom stereocenters. The lowest BCUT2D eigenvalue weighted by Gasteiger charge is -2.29. The molecule has 0 aliphatic heterocycles. The molecule has 0 aromatic heterocycles. The van der Waals surface area contributed by atoms with Gasteiger partial charge in [-0.1, -0.05) is 54.6 Å². The van der Waals surface area contributed by atoms with Crippen molar-refractivity contribution in [3.63, 3.8) is 0 Å². The Morgan fingerprint density at radius 2 is 1.73 bits per heavy atom. The Kier molecular flexibility index (Phi) is 6.72. The fourth-order valence-corrected chi connectivity index (χ4v) is 3.73. The fraction of sp³-hybridized carbons (Fsp3) is 0.263. The van der Waals surface area contributed by atoms with Crippen LogP contribution in [0.1, 0.15) is 18.4 Å². The van der Waals surface area contributed by atoms with Crippen molar-refractivity contribution in [2.24, 2.45) is 11.7 Å². The lowest BCUT2D eigenvalue weighted by molar-refractivity contribution is -0.147. The number of carboxylic acids is 1. The second kappa shape index (κ2) is 8.79. The van der Waals surface area contributed by atoms with E-state index in [4.69, 9.17) is 5.73 Å². The number of primary amides is 1. The normalized spacial score (nSPS) is 14.8. The zero-order valence-electron chi connectivity index (χ0n) is 14.2. The highest BCUT2D eigenvalue weighted by Crippen LogP contribution is 2.36. The molecular weight excluding hydrogens is 353 g/mol. The molecule has 0 aliphatic rings. The molecule has 3 unspecified atom stereocenters. The standard InChI is InChI=1S/C19H22NO5P/c20-17(21)10-9-16(18(22)23)19(24,26-25)12-13-5-4-8-15(11-13)14-6-2-1-3-7-14/h1-8,11,16,24H,9-10,12,26H2,(H2,20,21)(H,22,23). The predicted octanol–water partition coefficient (Wildman–Crippen LogP) is 2.31. The Hall–Kier alpha value is -2.43. The number of hydrogen-bond donors (Lipinski definition) is 3. The number of benzene rings is 2. The van der Waals surface area contributed by atoms with Crippen molar-refractivity contribution >= 4 is 20.3 Å². The first-order chi connectivity index (χ1) is 12.4. The molecule has 7 heteroatoms. The summed E-state index contributed by atoms with van der Waals surface area (Å²) in [7, 11) is -1.81. The summed E-state index contributed by atoms with van der Waals surface area (Å²) in [5.41, 5.74) is 7.64. The van der Waals surface area contributed by atoms with Gasteiger partial charge in [0.25, 0.3) is 0 Å². The lowest BCUT2D eigenvalue weighted by Crippen LogP contribution is -2.40. The number of aliphatic hydroxyl groups is 1.